The maximum Gasteiger partial charge on any atom is 0.275 e. The molecular weight excluding hydrogens is 256 g/mol. The van der Waals surface area contributed by atoms with Crippen molar-refractivity contribution >= 4 is 11.6 Å². The summed E-state index contributed by atoms with van der Waals surface area (Å²) in [6, 6.07) is 8.20. The number of hydrogen-bond acceptors (Lipinski definition) is 4. The molecule has 5 heteroatoms. The summed E-state index contributed by atoms with van der Waals surface area (Å²) in [7, 11) is 0. The molecule has 0 saturated carbocycles. The van der Waals surface area contributed by atoms with Crippen molar-refractivity contribution in [2.75, 3.05) is 0 Å². The maximum absolute atomic E-state index is 11.9. The number of phenols is 1. The third-order valence-electron chi connectivity index (χ3n) is 2.84. The van der Waals surface area contributed by atoms with Gasteiger partial charge in [0, 0.05) is 0 Å². The molecule has 0 saturated heterocycles. The average molecular weight is 272 g/mol. The highest BCUT2D eigenvalue weighted by molar-refractivity contribution is 6.00. The number of benzene rings is 1. The van der Waals surface area contributed by atoms with Crippen molar-refractivity contribution < 1.29 is 14.3 Å². The Morgan fingerprint density at radius 1 is 1.30 bits per heavy atom. The molecule has 5 nitrogen and oxygen atoms in total. The average Bonchev–Trinajstić information content (AvgIpc) is 2.75. The maximum atomic E-state index is 11.9. The van der Waals surface area contributed by atoms with Crippen LogP contribution in [-0.2, 0) is 0 Å². The fraction of sp³-hybridized carbons (Fsp3) is 0.200. The van der Waals surface area contributed by atoms with Gasteiger partial charge in [0.25, 0.3) is 5.91 Å². The van der Waals surface area contributed by atoms with Gasteiger partial charge in [-0.1, -0.05) is 12.1 Å². The Bertz CT molecular complexity index is 672. The predicted molar refractivity (Wildman–Crippen MR) is 76.0 cm³/mol. The minimum Gasteiger partial charge on any atom is -0.507 e. The lowest BCUT2D eigenvalue weighted by Gasteiger charge is -2.03. The van der Waals surface area contributed by atoms with Crippen LogP contribution in [0.2, 0.25) is 0 Å². The molecule has 0 bridgehead atoms. The third kappa shape index (κ3) is 2.88. The van der Waals surface area contributed by atoms with E-state index in [1.165, 1.54) is 12.1 Å². The first-order chi connectivity index (χ1) is 9.49. The first-order valence-corrected chi connectivity index (χ1v) is 6.19. The number of nitrogens with one attached hydrogen (secondary N) is 1. The quantitative estimate of drug-likeness (QED) is 0.666. The first kappa shape index (κ1) is 13.9. The lowest BCUT2D eigenvalue weighted by Crippen LogP contribution is -2.19. The molecule has 2 aromatic rings. The molecule has 2 N–H and O–H groups in total. The number of aromatic hydroxyl groups is 1. The van der Waals surface area contributed by atoms with Gasteiger partial charge in [0.05, 0.1) is 5.56 Å². The number of carbonyl (C=O) groups is 1. The molecule has 0 atom stereocenters. The van der Waals surface area contributed by atoms with Crippen molar-refractivity contribution in [2.24, 2.45) is 5.10 Å². The van der Waals surface area contributed by atoms with Crippen LogP contribution in [0, 0.1) is 13.8 Å². The number of aryl methyl sites for hydroxylation is 2. The standard InChI is InChI=1S/C15H16N2O3/c1-9-8-10(2)20-14(9)11(3)16-17-15(19)12-6-4-5-7-13(12)18/h4-8,18H,1-3H3,(H,17,19). The van der Waals surface area contributed by atoms with Crippen molar-refractivity contribution in [2.45, 2.75) is 20.8 Å². The van der Waals surface area contributed by atoms with Crippen molar-refractivity contribution in [3.8, 4) is 5.75 Å². The van der Waals surface area contributed by atoms with Crippen LogP contribution in [0.15, 0.2) is 39.9 Å². The van der Waals surface area contributed by atoms with Crippen LogP contribution in [0.3, 0.4) is 0 Å². The van der Waals surface area contributed by atoms with Gasteiger partial charge in [-0.05, 0) is 44.5 Å². The Hall–Kier alpha value is -2.56. The summed E-state index contributed by atoms with van der Waals surface area (Å²) in [6.07, 6.45) is 0. The molecule has 0 spiro atoms. The number of amides is 1. The zero-order valence-electron chi connectivity index (χ0n) is 11.6. The van der Waals surface area contributed by atoms with Crippen LogP contribution in [0.4, 0.5) is 0 Å². The molecule has 0 aliphatic heterocycles. The third-order valence-corrected chi connectivity index (χ3v) is 2.84. The molecule has 2 rings (SSSR count). The van der Waals surface area contributed by atoms with Gasteiger partial charge in [-0.2, -0.15) is 5.10 Å². The van der Waals surface area contributed by atoms with E-state index >= 15 is 0 Å². The summed E-state index contributed by atoms with van der Waals surface area (Å²) in [5, 5.41) is 13.6. The van der Waals surface area contributed by atoms with E-state index in [1.807, 2.05) is 19.9 Å². The van der Waals surface area contributed by atoms with E-state index in [9.17, 15) is 9.90 Å². The van der Waals surface area contributed by atoms with Gasteiger partial charge in [0.2, 0.25) is 0 Å². The highest BCUT2D eigenvalue weighted by Crippen LogP contribution is 2.16. The summed E-state index contributed by atoms with van der Waals surface area (Å²) in [6.45, 7) is 5.51. The second kappa shape index (κ2) is 5.61. The minimum absolute atomic E-state index is 0.0807. The van der Waals surface area contributed by atoms with Crippen LogP contribution < -0.4 is 5.43 Å². The lowest BCUT2D eigenvalue weighted by atomic mass is 10.2. The summed E-state index contributed by atoms with van der Waals surface area (Å²) in [5.74, 6) is 0.880. The molecule has 0 fully saturated rings. The van der Waals surface area contributed by atoms with E-state index in [1.54, 1.807) is 19.1 Å². The fourth-order valence-electron chi connectivity index (χ4n) is 1.91. The number of furan rings is 1. The van der Waals surface area contributed by atoms with Crippen LogP contribution in [0.25, 0.3) is 0 Å². The molecule has 1 heterocycles. The lowest BCUT2D eigenvalue weighted by molar-refractivity contribution is 0.0952. The Morgan fingerprint density at radius 3 is 2.60 bits per heavy atom. The molecule has 1 aromatic heterocycles. The van der Waals surface area contributed by atoms with Gasteiger partial charge in [-0.3, -0.25) is 4.79 Å². The Balaban J connectivity index is 2.15. The molecular formula is C15H16N2O3. The smallest absolute Gasteiger partial charge is 0.275 e. The number of rotatable bonds is 3. The minimum atomic E-state index is -0.469. The molecule has 0 aliphatic rings. The Labute approximate surface area is 116 Å². The highest BCUT2D eigenvalue weighted by Gasteiger charge is 2.11. The molecule has 104 valence electrons. The van der Waals surface area contributed by atoms with Crippen LogP contribution >= 0.6 is 0 Å². The molecule has 0 aliphatic carbocycles. The van der Waals surface area contributed by atoms with Crippen molar-refractivity contribution in [1.82, 2.24) is 5.43 Å². The highest BCUT2D eigenvalue weighted by atomic mass is 16.3. The van der Waals surface area contributed by atoms with E-state index in [0.717, 1.165) is 11.3 Å². The van der Waals surface area contributed by atoms with E-state index in [2.05, 4.69) is 10.5 Å². The van der Waals surface area contributed by atoms with Crippen LogP contribution in [-0.4, -0.2) is 16.7 Å². The van der Waals surface area contributed by atoms with E-state index in [4.69, 9.17) is 4.42 Å². The monoisotopic (exact) mass is 272 g/mol. The zero-order valence-corrected chi connectivity index (χ0v) is 11.6. The Kier molecular flexibility index (Phi) is 3.89. The van der Waals surface area contributed by atoms with Gasteiger partial charge in [0.1, 0.15) is 17.2 Å². The van der Waals surface area contributed by atoms with Gasteiger partial charge in [0.15, 0.2) is 5.76 Å². The summed E-state index contributed by atoms with van der Waals surface area (Å²) in [5.41, 5.74) is 4.11. The second-order valence-electron chi connectivity index (χ2n) is 4.52. The second-order valence-corrected chi connectivity index (χ2v) is 4.52. The fourth-order valence-corrected chi connectivity index (χ4v) is 1.91. The molecule has 1 aromatic carbocycles. The number of phenolic OH excluding ortho intramolecular Hbond substituents is 1. The SMILES string of the molecule is CC(=NNC(=O)c1ccccc1O)c1oc(C)cc1C. The summed E-state index contributed by atoms with van der Waals surface area (Å²) < 4.78 is 5.51. The van der Waals surface area contributed by atoms with Crippen molar-refractivity contribution in [1.29, 1.82) is 0 Å². The van der Waals surface area contributed by atoms with Gasteiger partial charge < -0.3 is 9.52 Å². The Morgan fingerprint density at radius 2 is 2.00 bits per heavy atom. The number of para-hydroxylation sites is 1. The van der Waals surface area contributed by atoms with E-state index in [0.29, 0.717) is 11.5 Å². The van der Waals surface area contributed by atoms with E-state index in [-0.39, 0.29) is 11.3 Å². The van der Waals surface area contributed by atoms with Gasteiger partial charge >= 0.3 is 0 Å². The molecule has 1 amide bonds. The topological polar surface area (TPSA) is 74.8 Å². The number of hydrogen-bond donors (Lipinski definition) is 2. The first-order valence-electron chi connectivity index (χ1n) is 6.19. The molecule has 0 radical (unpaired) electrons. The molecule has 20 heavy (non-hydrogen) atoms. The number of nitrogens with zero attached hydrogens (tertiary/aromatic N) is 1. The zero-order chi connectivity index (χ0) is 14.7. The summed E-state index contributed by atoms with van der Waals surface area (Å²) in [4.78, 5) is 11.9. The largest absolute Gasteiger partial charge is 0.507 e. The van der Waals surface area contributed by atoms with Crippen molar-refractivity contribution in [3.05, 3.63) is 53.0 Å². The predicted octanol–water partition coefficient (Wildman–Crippen LogP) is 2.76. The normalized spacial score (nSPS) is 11.4. The van der Waals surface area contributed by atoms with Crippen LogP contribution in [0.5, 0.6) is 5.75 Å². The van der Waals surface area contributed by atoms with E-state index < -0.39 is 5.91 Å². The number of carbonyl (C=O) groups excluding carboxylic acids is 1. The van der Waals surface area contributed by atoms with Crippen LogP contribution in [0.1, 0.15) is 34.4 Å². The summed E-state index contributed by atoms with van der Waals surface area (Å²) >= 11 is 0. The molecule has 0 unspecified atom stereocenters. The van der Waals surface area contributed by atoms with Crippen molar-refractivity contribution in [3.63, 3.8) is 0 Å². The van der Waals surface area contributed by atoms with Gasteiger partial charge in [-0.15, -0.1) is 0 Å². The van der Waals surface area contributed by atoms with Gasteiger partial charge in [-0.25, -0.2) is 5.43 Å². The number of hydrazone groups is 1.